The third-order valence-corrected chi connectivity index (χ3v) is 1.20. The van der Waals surface area contributed by atoms with Crippen LogP contribution < -0.4 is 5.48 Å². The van der Waals surface area contributed by atoms with Crippen molar-refractivity contribution in [1.29, 1.82) is 0 Å². The number of hydroxylamine groups is 1. The zero-order valence-corrected chi connectivity index (χ0v) is 6.78. The fraction of sp³-hybridized carbons (Fsp3) is 0.250. The number of rotatable bonds is 3. The molecule has 0 unspecified atom stereocenters. The molecular formula is C8H10N2O2. The van der Waals surface area contributed by atoms with Crippen LogP contribution in [0, 0.1) is 0 Å². The minimum absolute atomic E-state index is 0.356. The molecule has 0 amide bonds. The van der Waals surface area contributed by atoms with Crippen molar-refractivity contribution < 1.29 is 9.63 Å². The van der Waals surface area contributed by atoms with Gasteiger partial charge in [0.05, 0.1) is 12.2 Å². The Morgan fingerprint density at radius 1 is 1.67 bits per heavy atom. The first-order valence-electron chi connectivity index (χ1n) is 3.59. The van der Waals surface area contributed by atoms with Crippen LogP contribution in [0.5, 0.6) is 0 Å². The van der Waals surface area contributed by atoms with E-state index in [0.29, 0.717) is 6.54 Å². The third kappa shape index (κ3) is 3.12. The SMILES string of the molecule is CC(=O)ONCc1ccccn1. The predicted molar refractivity (Wildman–Crippen MR) is 42.8 cm³/mol. The minimum Gasteiger partial charge on any atom is -0.371 e. The van der Waals surface area contributed by atoms with Crippen LogP contribution in [0.15, 0.2) is 24.4 Å². The number of pyridine rings is 1. The summed E-state index contributed by atoms with van der Waals surface area (Å²) >= 11 is 0. The molecule has 0 atom stereocenters. The topological polar surface area (TPSA) is 51.2 Å². The van der Waals surface area contributed by atoms with Gasteiger partial charge in [0.2, 0.25) is 0 Å². The summed E-state index contributed by atoms with van der Waals surface area (Å²) in [4.78, 5) is 18.9. The molecule has 1 heterocycles. The van der Waals surface area contributed by atoms with Crippen LogP contribution in [0.25, 0.3) is 0 Å². The van der Waals surface area contributed by atoms with E-state index < -0.39 is 0 Å². The molecule has 12 heavy (non-hydrogen) atoms. The Balaban J connectivity index is 2.29. The molecule has 0 fully saturated rings. The van der Waals surface area contributed by atoms with E-state index in [1.165, 1.54) is 6.92 Å². The van der Waals surface area contributed by atoms with Gasteiger partial charge in [0.25, 0.3) is 0 Å². The standard InChI is InChI=1S/C8H10N2O2/c1-7(11)12-10-6-8-4-2-3-5-9-8/h2-5,10H,6H2,1H3. The maximum absolute atomic E-state index is 10.3. The molecule has 64 valence electrons. The lowest BCUT2D eigenvalue weighted by molar-refractivity contribution is -0.148. The fourth-order valence-electron chi connectivity index (χ4n) is 0.714. The molecule has 0 aliphatic carbocycles. The van der Waals surface area contributed by atoms with Gasteiger partial charge in [-0.3, -0.25) is 9.78 Å². The molecule has 1 rings (SSSR count). The summed E-state index contributed by atoms with van der Waals surface area (Å²) in [7, 11) is 0. The van der Waals surface area contributed by atoms with Gasteiger partial charge in [-0.1, -0.05) is 6.07 Å². The molecule has 1 N–H and O–H groups in total. The number of nitrogens with one attached hydrogen (secondary N) is 1. The van der Waals surface area contributed by atoms with Crippen LogP contribution in [-0.2, 0) is 16.2 Å². The molecule has 0 saturated carbocycles. The highest BCUT2D eigenvalue weighted by Crippen LogP contribution is 1.91. The van der Waals surface area contributed by atoms with Crippen LogP contribution in [0.1, 0.15) is 12.6 Å². The van der Waals surface area contributed by atoms with Crippen molar-refractivity contribution in [1.82, 2.24) is 10.5 Å². The van der Waals surface area contributed by atoms with Crippen LogP contribution in [0.4, 0.5) is 0 Å². The van der Waals surface area contributed by atoms with Gasteiger partial charge in [-0.05, 0) is 12.1 Å². The molecular weight excluding hydrogens is 156 g/mol. The van der Waals surface area contributed by atoms with Crippen molar-refractivity contribution in [3.05, 3.63) is 30.1 Å². The Hall–Kier alpha value is -1.42. The molecule has 0 saturated heterocycles. The average Bonchev–Trinajstić information content (AvgIpc) is 2.05. The van der Waals surface area contributed by atoms with E-state index in [2.05, 4.69) is 15.3 Å². The Morgan fingerprint density at radius 3 is 3.08 bits per heavy atom. The summed E-state index contributed by atoms with van der Waals surface area (Å²) in [6.07, 6.45) is 1.69. The molecule has 0 bridgehead atoms. The lowest BCUT2D eigenvalue weighted by Gasteiger charge is -2.01. The number of carbonyl (C=O) groups is 1. The van der Waals surface area contributed by atoms with Crippen LogP contribution in [0.3, 0.4) is 0 Å². The number of aromatic nitrogens is 1. The second kappa shape index (κ2) is 4.46. The van der Waals surface area contributed by atoms with Crippen molar-refractivity contribution in [2.75, 3.05) is 0 Å². The van der Waals surface area contributed by atoms with Gasteiger partial charge in [0.15, 0.2) is 0 Å². The molecule has 0 aromatic carbocycles. The first kappa shape index (κ1) is 8.67. The maximum Gasteiger partial charge on any atom is 0.321 e. The lowest BCUT2D eigenvalue weighted by atomic mass is 10.4. The lowest BCUT2D eigenvalue weighted by Crippen LogP contribution is -2.17. The Kier molecular flexibility index (Phi) is 3.22. The molecule has 0 aliphatic heterocycles. The molecule has 4 heteroatoms. The van der Waals surface area contributed by atoms with Crippen molar-refractivity contribution in [2.24, 2.45) is 0 Å². The normalized spacial score (nSPS) is 9.42. The minimum atomic E-state index is -0.356. The van der Waals surface area contributed by atoms with E-state index in [9.17, 15) is 4.79 Å². The summed E-state index contributed by atoms with van der Waals surface area (Å²) in [6, 6.07) is 5.55. The van der Waals surface area contributed by atoms with E-state index >= 15 is 0 Å². The van der Waals surface area contributed by atoms with Crippen molar-refractivity contribution in [2.45, 2.75) is 13.5 Å². The van der Waals surface area contributed by atoms with Gasteiger partial charge in [-0.15, -0.1) is 5.48 Å². The van der Waals surface area contributed by atoms with Gasteiger partial charge >= 0.3 is 5.97 Å². The van der Waals surface area contributed by atoms with Gasteiger partial charge in [-0.25, -0.2) is 0 Å². The van der Waals surface area contributed by atoms with Gasteiger partial charge in [0.1, 0.15) is 0 Å². The highest BCUT2D eigenvalue weighted by molar-refractivity contribution is 5.65. The number of hydrogen-bond acceptors (Lipinski definition) is 4. The predicted octanol–water partition coefficient (Wildman–Crippen LogP) is 0.649. The summed E-state index contributed by atoms with van der Waals surface area (Å²) in [5.41, 5.74) is 3.32. The smallest absolute Gasteiger partial charge is 0.321 e. The largest absolute Gasteiger partial charge is 0.371 e. The first-order chi connectivity index (χ1) is 5.79. The fourth-order valence-corrected chi connectivity index (χ4v) is 0.714. The zero-order valence-electron chi connectivity index (χ0n) is 6.78. The molecule has 1 aromatic rings. The van der Waals surface area contributed by atoms with Crippen molar-refractivity contribution in [3.63, 3.8) is 0 Å². The monoisotopic (exact) mass is 166 g/mol. The van der Waals surface area contributed by atoms with Crippen molar-refractivity contribution >= 4 is 5.97 Å². The summed E-state index contributed by atoms with van der Waals surface area (Å²) < 4.78 is 0. The van der Waals surface area contributed by atoms with Crippen LogP contribution in [-0.4, -0.2) is 11.0 Å². The number of hydrogen-bond donors (Lipinski definition) is 1. The molecule has 1 aromatic heterocycles. The molecule has 0 aliphatic rings. The third-order valence-electron chi connectivity index (χ3n) is 1.20. The van der Waals surface area contributed by atoms with E-state index in [1.807, 2.05) is 18.2 Å². The van der Waals surface area contributed by atoms with E-state index in [1.54, 1.807) is 6.20 Å². The van der Waals surface area contributed by atoms with Crippen molar-refractivity contribution in [3.8, 4) is 0 Å². The van der Waals surface area contributed by atoms with Gasteiger partial charge in [-0.2, -0.15) is 0 Å². The van der Waals surface area contributed by atoms with E-state index in [0.717, 1.165) is 5.69 Å². The highest BCUT2D eigenvalue weighted by Gasteiger charge is 1.93. The zero-order chi connectivity index (χ0) is 8.81. The second-order valence-electron chi connectivity index (χ2n) is 2.24. The molecule has 0 spiro atoms. The van der Waals surface area contributed by atoms with Gasteiger partial charge < -0.3 is 4.84 Å². The highest BCUT2D eigenvalue weighted by atomic mass is 16.7. The average molecular weight is 166 g/mol. The first-order valence-corrected chi connectivity index (χ1v) is 3.59. The number of carbonyl (C=O) groups excluding carboxylic acids is 1. The molecule has 0 radical (unpaired) electrons. The van der Waals surface area contributed by atoms with Gasteiger partial charge in [0, 0.05) is 13.1 Å². The Morgan fingerprint density at radius 2 is 2.50 bits per heavy atom. The molecule has 4 nitrogen and oxygen atoms in total. The maximum atomic E-state index is 10.3. The van der Waals surface area contributed by atoms with E-state index in [4.69, 9.17) is 0 Å². The van der Waals surface area contributed by atoms with E-state index in [-0.39, 0.29) is 5.97 Å². The van der Waals surface area contributed by atoms with Crippen LogP contribution in [0.2, 0.25) is 0 Å². The summed E-state index contributed by atoms with van der Waals surface area (Å²) in [5, 5.41) is 0. The quantitative estimate of drug-likeness (QED) is 0.670. The Labute approximate surface area is 70.5 Å². The van der Waals surface area contributed by atoms with Crippen LogP contribution >= 0.6 is 0 Å². The number of nitrogens with zero attached hydrogens (tertiary/aromatic N) is 1. The summed E-state index contributed by atoms with van der Waals surface area (Å²) in [5.74, 6) is -0.356. The second-order valence-corrected chi connectivity index (χ2v) is 2.24. The summed E-state index contributed by atoms with van der Waals surface area (Å²) in [6.45, 7) is 1.77. The Bertz CT molecular complexity index is 248.